The number of nitrogens with zero attached hydrogens (tertiary/aromatic N) is 3. The fourth-order valence-corrected chi connectivity index (χ4v) is 3.30. The van der Waals surface area contributed by atoms with Crippen LogP contribution in [0.2, 0.25) is 0 Å². The highest BCUT2D eigenvalue weighted by atomic mass is 16.3. The maximum atomic E-state index is 10.1. The van der Waals surface area contributed by atoms with Crippen LogP contribution in [0.25, 0.3) is 11.0 Å². The molecule has 0 amide bonds. The van der Waals surface area contributed by atoms with Crippen molar-refractivity contribution in [2.24, 2.45) is 0 Å². The summed E-state index contributed by atoms with van der Waals surface area (Å²) in [4.78, 5) is 8.88. The summed E-state index contributed by atoms with van der Waals surface area (Å²) >= 11 is 0. The van der Waals surface area contributed by atoms with Crippen molar-refractivity contribution in [1.82, 2.24) is 14.5 Å². The van der Waals surface area contributed by atoms with Gasteiger partial charge in [0.25, 0.3) is 0 Å². The van der Waals surface area contributed by atoms with Crippen molar-refractivity contribution in [2.75, 3.05) is 11.1 Å². The zero-order valence-corrected chi connectivity index (χ0v) is 16.0. The normalized spacial score (nSPS) is 11.1. The Morgan fingerprint density at radius 2 is 1.86 bits per heavy atom. The van der Waals surface area contributed by atoms with E-state index in [1.54, 1.807) is 12.1 Å². The van der Waals surface area contributed by atoms with Gasteiger partial charge in [-0.3, -0.25) is 4.98 Å². The number of nitrogens with one attached hydrogen (secondary N) is 1. The molecule has 0 aliphatic heterocycles. The molecule has 0 bridgehead atoms. The first-order chi connectivity index (χ1) is 13.5. The number of fused-ring (bicyclic) bond motifs is 1. The molecule has 4 aromatic rings. The largest absolute Gasteiger partial charge is 0.506 e. The number of nitrogen functional groups attached to an aromatic ring is 1. The van der Waals surface area contributed by atoms with Crippen LogP contribution in [0.3, 0.4) is 0 Å². The van der Waals surface area contributed by atoms with Gasteiger partial charge < -0.3 is 20.7 Å². The number of pyridine rings is 1. The molecule has 28 heavy (non-hydrogen) atoms. The lowest BCUT2D eigenvalue weighted by atomic mass is 10.1. The Kier molecular flexibility index (Phi) is 4.61. The Balaban J connectivity index is 1.64. The second-order valence-electron chi connectivity index (χ2n) is 6.97. The first-order valence-electron chi connectivity index (χ1n) is 9.21. The lowest BCUT2D eigenvalue weighted by Crippen LogP contribution is -2.07. The van der Waals surface area contributed by atoms with Crippen LogP contribution in [-0.4, -0.2) is 19.6 Å². The van der Waals surface area contributed by atoms with E-state index >= 15 is 0 Å². The van der Waals surface area contributed by atoms with Crippen LogP contribution in [0.1, 0.15) is 22.5 Å². The van der Waals surface area contributed by atoms with Crippen molar-refractivity contribution in [2.45, 2.75) is 26.9 Å². The van der Waals surface area contributed by atoms with Crippen LogP contribution in [0.5, 0.6) is 5.75 Å². The number of anilines is 2. The fraction of sp³-hybridized carbons (Fsp3) is 0.182. The summed E-state index contributed by atoms with van der Waals surface area (Å²) < 4.78 is 1.88. The van der Waals surface area contributed by atoms with Crippen molar-refractivity contribution < 1.29 is 5.11 Å². The zero-order chi connectivity index (χ0) is 19.7. The van der Waals surface area contributed by atoms with Gasteiger partial charge in [0.1, 0.15) is 11.4 Å². The van der Waals surface area contributed by atoms with E-state index in [9.17, 15) is 5.11 Å². The van der Waals surface area contributed by atoms with Gasteiger partial charge >= 0.3 is 0 Å². The standard InChI is InChI=1S/C22H23N5O/c1-14-5-3-4-6-17(14)24-12-16-8-9-18-20(11-16)27(22(23)26-18)13-19-21(28)10-7-15(2)25-19/h3-11,24,28H,12-13H2,1-2H3,(H2,23,26). The molecule has 0 spiro atoms. The number of hydrogen-bond donors (Lipinski definition) is 3. The number of para-hydroxylation sites is 1. The van der Waals surface area contributed by atoms with Crippen molar-refractivity contribution in [3.05, 3.63) is 77.1 Å². The average Bonchev–Trinajstić information content (AvgIpc) is 2.99. The number of aromatic hydroxyl groups is 1. The van der Waals surface area contributed by atoms with Gasteiger partial charge in [0.15, 0.2) is 0 Å². The van der Waals surface area contributed by atoms with Crippen LogP contribution < -0.4 is 11.1 Å². The number of aromatic nitrogens is 3. The molecule has 2 aromatic carbocycles. The molecule has 2 heterocycles. The SMILES string of the molecule is Cc1ccc(O)c(Cn2c(N)nc3ccc(CNc4ccccc4C)cc32)n1. The number of imidazole rings is 1. The first-order valence-corrected chi connectivity index (χ1v) is 9.21. The maximum Gasteiger partial charge on any atom is 0.201 e. The molecule has 0 aliphatic rings. The molecule has 0 saturated heterocycles. The van der Waals surface area contributed by atoms with Crippen molar-refractivity contribution >= 4 is 22.7 Å². The second kappa shape index (κ2) is 7.23. The minimum atomic E-state index is 0.157. The first kappa shape index (κ1) is 17.9. The smallest absolute Gasteiger partial charge is 0.201 e. The van der Waals surface area contributed by atoms with Crippen molar-refractivity contribution in [1.29, 1.82) is 0 Å². The van der Waals surface area contributed by atoms with Crippen LogP contribution >= 0.6 is 0 Å². The molecule has 142 valence electrons. The summed E-state index contributed by atoms with van der Waals surface area (Å²) in [5.74, 6) is 0.561. The molecule has 0 saturated carbocycles. The van der Waals surface area contributed by atoms with Crippen LogP contribution in [0.4, 0.5) is 11.6 Å². The molecule has 6 heteroatoms. The van der Waals surface area contributed by atoms with Gasteiger partial charge in [-0.1, -0.05) is 24.3 Å². The predicted molar refractivity (Wildman–Crippen MR) is 112 cm³/mol. The summed E-state index contributed by atoms with van der Waals surface area (Å²) in [5, 5.41) is 13.6. The molecule has 0 fully saturated rings. The topological polar surface area (TPSA) is 89.0 Å². The fourth-order valence-electron chi connectivity index (χ4n) is 3.30. The molecule has 0 radical (unpaired) electrons. The van der Waals surface area contributed by atoms with Crippen molar-refractivity contribution in [3.63, 3.8) is 0 Å². The van der Waals surface area contributed by atoms with Crippen LogP contribution in [0, 0.1) is 13.8 Å². The van der Waals surface area contributed by atoms with Gasteiger partial charge in [-0.2, -0.15) is 0 Å². The van der Waals surface area contributed by atoms with Gasteiger partial charge in [-0.05, 0) is 55.3 Å². The van der Waals surface area contributed by atoms with E-state index in [-0.39, 0.29) is 5.75 Å². The highest BCUT2D eigenvalue weighted by molar-refractivity contribution is 5.79. The minimum Gasteiger partial charge on any atom is -0.506 e. The van der Waals surface area contributed by atoms with E-state index in [0.717, 1.165) is 28.0 Å². The molecule has 4 N–H and O–H groups in total. The lowest BCUT2D eigenvalue weighted by molar-refractivity contribution is 0.461. The number of aryl methyl sites for hydroxylation is 2. The second-order valence-corrected chi connectivity index (χ2v) is 6.97. The summed E-state index contributed by atoms with van der Waals surface area (Å²) in [6.07, 6.45) is 0. The van der Waals surface area contributed by atoms with Crippen molar-refractivity contribution in [3.8, 4) is 5.75 Å². The molecular formula is C22H23N5O. The summed E-state index contributed by atoms with van der Waals surface area (Å²) in [6.45, 7) is 5.04. The average molecular weight is 373 g/mol. The molecular weight excluding hydrogens is 350 g/mol. The highest BCUT2D eigenvalue weighted by Crippen LogP contribution is 2.24. The Morgan fingerprint density at radius 3 is 2.68 bits per heavy atom. The Morgan fingerprint density at radius 1 is 1.04 bits per heavy atom. The molecule has 0 aliphatic carbocycles. The van der Waals surface area contributed by atoms with E-state index in [1.807, 2.05) is 35.8 Å². The van der Waals surface area contributed by atoms with E-state index in [2.05, 4.69) is 40.4 Å². The number of benzene rings is 2. The summed E-state index contributed by atoms with van der Waals surface area (Å²) in [6, 6.07) is 17.8. The van der Waals surface area contributed by atoms with E-state index in [0.29, 0.717) is 24.7 Å². The van der Waals surface area contributed by atoms with Crippen LogP contribution in [-0.2, 0) is 13.1 Å². The number of hydrogen-bond acceptors (Lipinski definition) is 5. The molecule has 6 nitrogen and oxygen atoms in total. The third kappa shape index (κ3) is 3.49. The Hall–Kier alpha value is -3.54. The zero-order valence-electron chi connectivity index (χ0n) is 16.0. The van der Waals surface area contributed by atoms with Gasteiger partial charge in [0.05, 0.1) is 17.6 Å². The monoisotopic (exact) mass is 373 g/mol. The van der Waals surface area contributed by atoms with E-state index in [1.165, 1.54) is 5.56 Å². The minimum absolute atomic E-state index is 0.157. The van der Waals surface area contributed by atoms with Crippen LogP contribution in [0.15, 0.2) is 54.6 Å². The molecule has 0 atom stereocenters. The third-order valence-corrected chi connectivity index (χ3v) is 4.87. The van der Waals surface area contributed by atoms with E-state index < -0.39 is 0 Å². The summed E-state index contributed by atoms with van der Waals surface area (Å²) in [7, 11) is 0. The molecule has 0 unspecified atom stereocenters. The lowest BCUT2D eigenvalue weighted by Gasteiger charge is -2.11. The van der Waals surface area contributed by atoms with Gasteiger partial charge in [0, 0.05) is 17.9 Å². The number of rotatable bonds is 5. The summed E-state index contributed by atoms with van der Waals surface area (Å²) in [5.41, 5.74) is 12.8. The van der Waals surface area contributed by atoms with E-state index in [4.69, 9.17) is 5.73 Å². The molecule has 4 rings (SSSR count). The Bertz CT molecular complexity index is 1150. The van der Waals surface area contributed by atoms with Gasteiger partial charge in [-0.15, -0.1) is 0 Å². The predicted octanol–water partition coefficient (Wildman–Crippen LogP) is 4.00. The van der Waals surface area contributed by atoms with Gasteiger partial charge in [0.2, 0.25) is 5.95 Å². The number of nitrogens with two attached hydrogens (primary N) is 1. The maximum absolute atomic E-state index is 10.1. The van der Waals surface area contributed by atoms with Gasteiger partial charge in [-0.25, -0.2) is 4.98 Å². The third-order valence-electron chi connectivity index (χ3n) is 4.87. The molecule has 2 aromatic heterocycles. The quantitative estimate of drug-likeness (QED) is 0.492. The highest BCUT2D eigenvalue weighted by Gasteiger charge is 2.12. The Labute approximate surface area is 163 Å².